The Morgan fingerprint density at radius 1 is 1.21 bits per heavy atom. The Morgan fingerprint density at radius 3 is 2.41 bits per heavy atom. The molecule has 0 aromatic heterocycles. The van der Waals surface area contributed by atoms with E-state index in [1.807, 2.05) is 31.2 Å². The average molecular weight is 403 g/mol. The molecule has 1 heterocycles. The molecule has 6 nitrogen and oxygen atoms in total. The lowest BCUT2D eigenvalue weighted by Gasteiger charge is -2.44. The van der Waals surface area contributed by atoms with Gasteiger partial charge in [0.05, 0.1) is 25.9 Å². The first-order valence-electron chi connectivity index (χ1n) is 9.57. The normalized spacial score (nSPS) is 21.4. The third kappa shape index (κ3) is 4.52. The molecule has 1 aliphatic rings. The van der Waals surface area contributed by atoms with E-state index in [0.717, 1.165) is 11.3 Å². The fraction of sp³-hybridized carbons (Fsp3) is 0.409. The zero-order chi connectivity index (χ0) is 21.0. The molecule has 0 saturated carbocycles. The van der Waals surface area contributed by atoms with Crippen LogP contribution in [0.5, 0.6) is 5.75 Å². The lowest BCUT2D eigenvalue weighted by atomic mass is 9.83. The Labute approximate surface area is 169 Å². The summed E-state index contributed by atoms with van der Waals surface area (Å²) in [6.07, 6.45) is -1.14. The molecule has 1 amide bonds. The lowest BCUT2D eigenvalue weighted by molar-refractivity contribution is -0.0892. The molecule has 1 aliphatic heterocycles. The van der Waals surface area contributed by atoms with Crippen LogP contribution in [0.1, 0.15) is 36.9 Å². The van der Waals surface area contributed by atoms with Crippen molar-refractivity contribution in [3.05, 3.63) is 65.5 Å². The van der Waals surface area contributed by atoms with Gasteiger partial charge < -0.3 is 24.6 Å². The Balaban J connectivity index is 1.83. The molecular formula is C22H26FNO5. The summed E-state index contributed by atoms with van der Waals surface area (Å²) < 4.78 is 24.4. The number of cyclic esters (lactones) is 1. The first-order chi connectivity index (χ1) is 13.9. The molecule has 156 valence electrons. The molecule has 3 rings (SSSR count). The molecule has 3 atom stereocenters. The van der Waals surface area contributed by atoms with Crippen molar-refractivity contribution in [3.63, 3.8) is 0 Å². The summed E-state index contributed by atoms with van der Waals surface area (Å²) >= 11 is 0. The second-order valence-electron chi connectivity index (χ2n) is 7.30. The first kappa shape index (κ1) is 21.1. The lowest BCUT2D eigenvalue weighted by Crippen LogP contribution is -2.50. The van der Waals surface area contributed by atoms with Gasteiger partial charge in [0, 0.05) is 19.4 Å². The van der Waals surface area contributed by atoms with Crippen molar-refractivity contribution in [2.45, 2.75) is 37.5 Å². The summed E-state index contributed by atoms with van der Waals surface area (Å²) in [5, 5.41) is 19.3. The zero-order valence-electron chi connectivity index (χ0n) is 16.5. The maximum absolute atomic E-state index is 13.4. The van der Waals surface area contributed by atoms with Gasteiger partial charge in [-0.1, -0.05) is 24.3 Å². The van der Waals surface area contributed by atoms with Crippen LogP contribution in [0.4, 0.5) is 9.18 Å². The number of methoxy groups -OCH3 is 1. The number of halogens is 1. The molecule has 2 aromatic carbocycles. The molecular weight excluding hydrogens is 377 g/mol. The van der Waals surface area contributed by atoms with Gasteiger partial charge in [0.1, 0.15) is 17.2 Å². The number of ether oxygens (including phenoxy) is 2. The molecule has 0 bridgehead atoms. The zero-order valence-corrected chi connectivity index (χ0v) is 16.5. The van der Waals surface area contributed by atoms with Gasteiger partial charge in [-0.2, -0.15) is 0 Å². The van der Waals surface area contributed by atoms with Crippen molar-refractivity contribution < 1.29 is 28.9 Å². The third-order valence-electron chi connectivity index (χ3n) is 5.49. The molecule has 2 aromatic rings. The minimum absolute atomic E-state index is 0.0334. The maximum atomic E-state index is 13.4. The highest BCUT2D eigenvalue weighted by atomic mass is 19.1. The summed E-state index contributed by atoms with van der Waals surface area (Å²) in [5.41, 5.74) is 0.409. The van der Waals surface area contributed by atoms with Crippen molar-refractivity contribution >= 4 is 6.09 Å². The van der Waals surface area contributed by atoms with Crippen LogP contribution in [0.25, 0.3) is 0 Å². The molecule has 0 radical (unpaired) electrons. The van der Waals surface area contributed by atoms with Gasteiger partial charge in [0.25, 0.3) is 0 Å². The number of aliphatic hydroxyl groups is 2. The van der Waals surface area contributed by atoms with Gasteiger partial charge in [-0.3, -0.25) is 0 Å². The van der Waals surface area contributed by atoms with E-state index in [-0.39, 0.29) is 12.5 Å². The summed E-state index contributed by atoms with van der Waals surface area (Å²) in [6.45, 7) is 1.85. The van der Waals surface area contributed by atoms with Crippen LogP contribution in [-0.2, 0) is 10.3 Å². The standard InChI is InChI=1S/C22H26FNO5/c1-15(16-3-9-20(28-2)10-4-16)24-12-11-22(29-21(24)27,13-19(26)14-25)17-5-7-18(23)8-6-17/h3-10,15,19,25-26H,11-14H2,1-2H3/t15-,19+,22-/m0/s1. The van der Waals surface area contributed by atoms with Gasteiger partial charge in [0.2, 0.25) is 0 Å². The molecule has 0 aliphatic carbocycles. The van der Waals surface area contributed by atoms with Gasteiger partial charge in [-0.15, -0.1) is 0 Å². The highest BCUT2D eigenvalue weighted by Crippen LogP contribution is 2.40. The van der Waals surface area contributed by atoms with Gasteiger partial charge >= 0.3 is 6.09 Å². The van der Waals surface area contributed by atoms with Crippen LogP contribution in [-0.4, -0.2) is 47.6 Å². The highest BCUT2D eigenvalue weighted by molar-refractivity contribution is 5.70. The molecule has 0 unspecified atom stereocenters. The Kier molecular flexibility index (Phi) is 6.39. The molecule has 29 heavy (non-hydrogen) atoms. The molecule has 1 saturated heterocycles. The van der Waals surface area contributed by atoms with Crippen molar-refractivity contribution in [3.8, 4) is 5.75 Å². The number of carbonyl (C=O) groups is 1. The number of hydrogen-bond acceptors (Lipinski definition) is 5. The monoisotopic (exact) mass is 403 g/mol. The number of rotatable bonds is 7. The smallest absolute Gasteiger partial charge is 0.411 e. The number of hydrogen-bond donors (Lipinski definition) is 2. The second-order valence-corrected chi connectivity index (χ2v) is 7.30. The summed E-state index contributed by atoms with van der Waals surface area (Å²) in [6, 6.07) is 12.9. The van der Waals surface area contributed by atoms with E-state index in [1.165, 1.54) is 12.1 Å². The number of carbonyl (C=O) groups excluding carboxylic acids is 1. The van der Waals surface area contributed by atoms with Crippen molar-refractivity contribution in [1.29, 1.82) is 0 Å². The van der Waals surface area contributed by atoms with E-state index in [0.29, 0.717) is 18.5 Å². The molecule has 1 fully saturated rings. The Morgan fingerprint density at radius 2 is 1.86 bits per heavy atom. The Bertz CT molecular complexity index is 826. The predicted octanol–water partition coefficient (Wildman–Crippen LogP) is 3.38. The van der Waals surface area contributed by atoms with E-state index in [4.69, 9.17) is 9.47 Å². The number of aliphatic hydroxyl groups excluding tert-OH is 2. The van der Waals surface area contributed by atoms with Gasteiger partial charge in [0.15, 0.2) is 0 Å². The SMILES string of the molecule is COc1ccc([C@H](C)N2CC[C@](C[C@@H](O)CO)(c3ccc(F)cc3)OC2=O)cc1. The summed E-state index contributed by atoms with van der Waals surface area (Å²) in [5.74, 6) is 0.332. The number of nitrogens with zero attached hydrogens (tertiary/aromatic N) is 1. The third-order valence-corrected chi connectivity index (χ3v) is 5.49. The van der Waals surface area contributed by atoms with Crippen LogP contribution in [0, 0.1) is 5.82 Å². The van der Waals surface area contributed by atoms with Crippen molar-refractivity contribution in [1.82, 2.24) is 4.90 Å². The van der Waals surface area contributed by atoms with Crippen molar-refractivity contribution in [2.24, 2.45) is 0 Å². The topological polar surface area (TPSA) is 79.2 Å². The average Bonchev–Trinajstić information content (AvgIpc) is 2.73. The van der Waals surface area contributed by atoms with E-state index >= 15 is 0 Å². The van der Waals surface area contributed by atoms with Gasteiger partial charge in [-0.05, 0) is 42.3 Å². The predicted molar refractivity (Wildman–Crippen MR) is 105 cm³/mol. The van der Waals surface area contributed by atoms with Crippen LogP contribution in [0.15, 0.2) is 48.5 Å². The Hall–Kier alpha value is -2.64. The van der Waals surface area contributed by atoms with Crippen LogP contribution >= 0.6 is 0 Å². The minimum atomic E-state index is -1.12. The quantitative estimate of drug-likeness (QED) is 0.741. The van der Waals surface area contributed by atoms with Gasteiger partial charge in [-0.25, -0.2) is 9.18 Å². The van der Waals surface area contributed by atoms with E-state index in [9.17, 15) is 19.4 Å². The summed E-state index contributed by atoms with van der Waals surface area (Å²) in [4.78, 5) is 14.5. The highest BCUT2D eigenvalue weighted by Gasteiger charge is 2.44. The number of amides is 1. The maximum Gasteiger partial charge on any atom is 0.411 e. The van der Waals surface area contributed by atoms with E-state index in [1.54, 1.807) is 24.1 Å². The molecule has 7 heteroatoms. The fourth-order valence-electron chi connectivity index (χ4n) is 3.75. The van der Waals surface area contributed by atoms with E-state index < -0.39 is 30.2 Å². The molecule has 0 spiro atoms. The van der Waals surface area contributed by atoms with E-state index in [2.05, 4.69) is 0 Å². The van der Waals surface area contributed by atoms with Crippen LogP contribution in [0.2, 0.25) is 0 Å². The first-order valence-corrected chi connectivity index (χ1v) is 9.57. The fourth-order valence-corrected chi connectivity index (χ4v) is 3.75. The summed E-state index contributed by atoms with van der Waals surface area (Å²) in [7, 11) is 1.59. The molecule has 2 N–H and O–H groups in total. The largest absolute Gasteiger partial charge is 0.497 e. The second kappa shape index (κ2) is 8.80. The van der Waals surface area contributed by atoms with Crippen molar-refractivity contribution in [2.75, 3.05) is 20.3 Å². The minimum Gasteiger partial charge on any atom is -0.497 e. The van der Waals surface area contributed by atoms with Crippen LogP contribution < -0.4 is 4.74 Å². The van der Waals surface area contributed by atoms with Crippen LogP contribution in [0.3, 0.4) is 0 Å². The number of benzene rings is 2.